The van der Waals surface area contributed by atoms with Crippen LogP contribution in [0.3, 0.4) is 0 Å². The van der Waals surface area contributed by atoms with E-state index in [0.29, 0.717) is 29.9 Å². The SMILES string of the molecule is N#Cc1ccccc1N1CCN(C(=O)c2ccc3sccc3c2)CC1=O. The smallest absolute Gasteiger partial charge is 0.254 e. The van der Waals surface area contributed by atoms with Gasteiger partial charge in [-0.1, -0.05) is 12.1 Å². The third kappa shape index (κ3) is 2.83. The van der Waals surface area contributed by atoms with E-state index in [-0.39, 0.29) is 18.4 Å². The number of nitriles is 1. The molecule has 3 aromatic rings. The van der Waals surface area contributed by atoms with Gasteiger partial charge in [0.25, 0.3) is 5.91 Å². The van der Waals surface area contributed by atoms with Gasteiger partial charge in [-0.25, -0.2) is 0 Å². The Labute approximate surface area is 154 Å². The topological polar surface area (TPSA) is 64.4 Å². The lowest BCUT2D eigenvalue weighted by Gasteiger charge is -2.34. The zero-order valence-electron chi connectivity index (χ0n) is 13.9. The minimum absolute atomic E-state index is 0.0142. The van der Waals surface area contributed by atoms with Crippen LogP contribution in [0.5, 0.6) is 0 Å². The predicted molar refractivity (Wildman–Crippen MR) is 101 cm³/mol. The molecule has 0 unspecified atom stereocenters. The van der Waals surface area contributed by atoms with Crippen molar-refractivity contribution in [1.29, 1.82) is 5.26 Å². The van der Waals surface area contributed by atoms with Crippen LogP contribution in [0.1, 0.15) is 15.9 Å². The quantitative estimate of drug-likeness (QED) is 0.704. The van der Waals surface area contributed by atoms with Gasteiger partial charge in [0.05, 0.1) is 11.3 Å². The van der Waals surface area contributed by atoms with Crippen molar-refractivity contribution < 1.29 is 9.59 Å². The summed E-state index contributed by atoms with van der Waals surface area (Å²) >= 11 is 1.63. The summed E-state index contributed by atoms with van der Waals surface area (Å²) in [5, 5.41) is 12.3. The Morgan fingerprint density at radius 1 is 1.12 bits per heavy atom. The molecule has 1 aliphatic heterocycles. The van der Waals surface area contributed by atoms with Gasteiger partial charge in [0.2, 0.25) is 5.91 Å². The summed E-state index contributed by atoms with van der Waals surface area (Å²) in [5.41, 5.74) is 1.66. The second-order valence-corrected chi connectivity index (χ2v) is 7.02. The van der Waals surface area contributed by atoms with E-state index < -0.39 is 0 Å². The fourth-order valence-electron chi connectivity index (χ4n) is 3.19. The van der Waals surface area contributed by atoms with Crippen LogP contribution in [-0.4, -0.2) is 36.3 Å². The molecule has 2 amide bonds. The Morgan fingerprint density at radius 2 is 1.96 bits per heavy atom. The summed E-state index contributed by atoms with van der Waals surface area (Å²) in [4.78, 5) is 28.5. The highest BCUT2D eigenvalue weighted by Crippen LogP contribution is 2.24. The summed E-state index contributed by atoms with van der Waals surface area (Å²) in [7, 11) is 0. The molecule has 1 aliphatic rings. The number of carbonyl (C=O) groups is 2. The molecule has 0 N–H and O–H groups in total. The number of carbonyl (C=O) groups excluding carboxylic acids is 2. The molecule has 0 saturated carbocycles. The second-order valence-electron chi connectivity index (χ2n) is 6.07. The van der Waals surface area contributed by atoms with Crippen molar-refractivity contribution in [2.45, 2.75) is 0 Å². The maximum absolute atomic E-state index is 12.8. The number of amides is 2. The first-order chi connectivity index (χ1) is 12.7. The highest BCUT2D eigenvalue weighted by Gasteiger charge is 2.29. The molecule has 0 spiro atoms. The maximum Gasteiger partial charge on any atom is 0.254 e. The van der Waals surface area contributed by atoms with Crippen LogP contribution in [0.15, 0.2) is 53.9 Å². The molecule has 4 rings (SSSR count). The van der Waals surface area contributed by atoms with Crippen LogP contribution in [0.2, 0.25) is 0 Å². The van der Waals surface area contributed by atoms with Gasteiger partial charge in [-0.3, -0.25) is 9.59 Å². The van der Waals surface area contributed by atoms with Gasteiger partial charge in [0, 0.05) is 23.4 Å². The van der Waals surface area contributed by atoms with Gasteiger partial charge in [-0.15, -0.1) is 11.3 Å². The number of fused-ring (bicyclic) bond motifs is 1. The monoisotopic (exact) mass is 361 g/mol. The standard InChI is InChI=1S/C20H15N3O2S/c21-12-16-3-1-2-4-17(16)23-9-8-22(13-19(23)24)20(25)15-5-6-18-14(11-15)7-10-26-18/h1-7,10-11H,8-9,13H2. The Balaban J connectivity index is 1.54. The van der Waals surface area contributed by atoms with E-state index in [1.54, 1.807) is 45.4 Å². The first-order valence-corrected chi connectivity index (χ1v) is 9.11. The van der Waals surface area contributed by atoms with Gasteiger partial charge in [0.1, 0.15) is 12.6 Å². The third-order valence-corrected chi connectivity index (χ3v) is 5.42. The number of benzene rings is 2. The average molecular weight is 361 g/mol. The van der Waals surface area contributed by atoms with Crippen LogP contribution in [0.25, 0.3) is 10.1 Å². The first kappa shape index (κ1) is 16.3. The number of para-hydroxylation sites is 1. The summed E-state index contributed by atoms with van der Waals surface area (Å²) < 4.78 is 1.13. The van der Waals surface area contributed by atoms with Gasteiger partial charge in [-0.05, 0) is 47.2 Å². The van der Waals surface area contributed by atoms with Crippen molar-refractivity contribution in [2.24, 2.45) is 0 Å². The molecule has 1 aromatic heterocycles. The fourth-order valence-corrected chi connectivity index (χ4v) is 3.96. The number of piperazine rings is 1. The van der Waals surface area contributed by atoms with Gasteiger partial charge in [0.15, 0.2) is 0 Å². The minimum Gasteiger partial charge on any atom is -0.328 e. The molecular formula is C20H15N3O2S. The Hall–Kier alpha value is -3.17. The normalized spacial score (nSPS) is 14.5. The first-order valence-electron chi connectivity index (χ1n) is 8.23. The number of anilines is 1. The Bertz CT molecular complexity index is 1050. The van der Waals surface area contributed by atoms with E-state index in [2.05, 4.69) is 6.07 Å². The molecule has 0 aliphatic carbocycles. The zero-order valence-corrected chi connectivity index (χ0v) is 14.7. The summed E-state index contributed by atoms with van der Waals surface area (Å²) in [6.45, 7) is 0.830. The fraction of sp³-hybridized carbons (Fsp3) is 0.150. The van der Waals surface area contributed by atoms with E-state index in [1.807, 2.05) is 29.6 Å². The number of hydrogen-bond acceptors (Lipinski definition) is 4. The van der Waals surface area contributed by atoms with Crippen LogP contribution in [0, 0.1) is 11.3 Å². The highest BCUT2D eigenvalue weighted by molar-refractivity contribution is 7.17. The van der Waals surface area contributed by atoms with Gasteiger partial charge < -0.3 is 9.80 Å². The second kappa shape index (κ2) is 6.62. The summed E-state index contributed by atoms with van der Waals surface area (Å²) in [5.74, 6) is -0.316. The molecule has 26 heavy (non-hydrogen) atoms. The number of hydrogen-bond donors (Lipinski definition) is 0. The Kier molecular flexibility index (Phi) is 4.15. The van der Waals surface area contributed by atoms with Crippen molar-refractivity contribution >= 4 is 38.9 Å². The lowest BCUT2D eigenvalue weighted by atomic mass is 10.1. The predicted octanol–water partition coefficient (Wildman–Crippen LogP) is 3.26. The highest BCUT2D eigenvalue weighted by atomic mass is 32.1. The van der Waals surface area contributed by atoms with Crippen LogP contribution >= 0.6 is 11.3 Å². The molecule has 1 saturated heterocycles. The molecule has 6 heteroatoms. The van der Waals surface area contributed by atoms with Crippen LogP contribution < -0.4 is 4.90 Å². The van der Waals surface area contributed by atoms with E-state index in [1.165, 1.54) is 0 Å². The number of nitrogens with zero attached hydrogens (tertiary/aromatic N) is 3. The lowest BCUT2D eigenvalue weighted by Crippen LogP contribution is -2.52. The van der Waals surface area contributed by atoms with E-state index in [9.17, 15) is 14.9 Å². The molecule has 2 aromatic carbocycles. The van der Waals surface area contributed by atoms with Crippen LogP contribution in [-0.2, 0) is 4.79 Å². The maximum atomic E-state index is 12.8. The molecule has 5 nitrogen and oxygen atoms in total. The van der Waals surface area contributed by atoms with Crippen molar-refractivity contribution in [1.82, 2.24) is 4.90 Å². The largest absolute Gasteiger partial charge is 0.328 e. The Morgan fingerprint density at radius 3 is 2.77 bits per heavy atom. The number of rotatable bonds is 2. The molecule has 0 radical (unpaired) electrons. The van der Waals surface area contributed by atoms with Gasteiger partial charge in [-0.2, -0.15) is 5.26 Å². The number of thiophene rings is 1. The zero-order chi connectivity index (χ0) is 18.1. The van der Waals surface area contributed by atoms with Crippen molar-refractivity contribution in [3.63, 3.8) is 0 Å². The van der Waals surface area contributed by atoms with E-state index in [4.69, 9.17) is 0 Å². The molecule has 0 atom stereocenters. The third-order valence-electron chi connectivity index (χ3n) is 4.52. The molecule has 1 fully saturated rings. The van der Waals surface area contributed by atoms with Crippen molar-refractivity contribution in [3.8, 4) is 6.07 Å². The minimum atomic E-state index is -0.177. The molecular weight excluding hydrogens is 346 g/mol. The lowest BCUT2D eigenvalue weighted by molar-refractivity contribution is -0.120. The van der Waals surface area contributed by atoms with Crippen molar-refractivity contribution in [2.75, 3.05) is 24.5 Å². The van der Waals surface area contributed by atoms with Crippen LogP contribution in [0.4, 0.5) is 5.69 Å². The van der Waals surface area contributed by atoms with Crippen molar-refractivity contribution in [3.05, 3.63) is 65.0 Å². The van der Waals surface area contributed by atoms with E-state index in [0.717, 1.165) is 10.1 Å². The summed E-state index contributed by atoms with van der Waals surface area (Å²) in [6, 6.07) is 16.7. The average Bonchev–Trinajstić information content (AvgIpc) is 3.15. The molecule has 128 valence electrons. The summed E-state index contributed by atoms with van der Waals surface area (Å²) in [6.07, 6.45) is 0. The molecule has 0 bridgehead atoms. The molecule has 2 heterocycles. The van der Waals surface area contributed by atoms with Gasteiger partial charge >= 0.3 is 0 Å². The van der Waals surface area contributed by atoms with E-state index >= 15 is 0 Å².